The first kappa shape index (κ1) is 24.6. The lowest BCUT2D eigenvalue weighted by Crippen LogP contribution is -2.30. The van der Waals surface area contributed by atoms with Gasteiger partial charge in [0.2, 0.25) is 5.91 Å². The Labute approximate surface area is 207 Å². The number of amides is 2. The zero-order valence-electron chi connectivity index (χ0n) is 20.6. The Bertz CT molecular complexity index is 1110. The van der Waals surface area contributed by atoms with Crippen LogP contribution in [-0.2, 0) is 11.3 Å². The Hall–Kier alpha value is -3.54. The van der Waals surface area contributed by atoms with Gasteiger partial charge < -0.3 is 20.0 Å². The third-order valence-corrected chi connectivity index (χ3v) is 6.45. The van der Waals surface area contributed by atoms with E-state index in [4.69, 9.17) is 4.42 Å². The smallest absolute Gasteiger partial charge is 0.253 e. The molecule has 35 heavy (non-hydrogen) atoms. The van der Waals surface area contributed by atoms with Crippen LogP contribution < -0.4 is 15.5 Å². The lowest BCUT2D eigenvalue weighted by atomic mass is 10.1. The number of benzene rings is 2. The minimum absolute atomic E-state index is 0.00458. The number of unbranched alkanes of at least 4 members (excludes halogenated alkanes) is 1. The number of anilines is 2. The van der Waals surface area contributed by atoms with Crippen molar-refractivity contribution in [1.29, 1.82) is 0 Å². The summed E-state index contributed by atoms with van der Waals surface area (Å²) >= 11 is 0. The molecule has 1 aromatic heterocycles. The third kappa shape index (κ3) is 6.32. The highest BCUT2D eigenvalue weighted by Crippen LogP contribution is 2.48. The van der Waals surface area contributed by atoms with Crippen LogP contribution in [0.3, 0.4) is 0 Å². The fraction of sp³-hybridized carbons (Fsp3) is 0.379. The second-order valence-corrected chi connectivity index (χ2v) is 9.19. The van der Waals surface area contributed by atoms with Gasteiger partial charge >= 0.3 is 0 Å². The van der Waals surface area contributed by atoms with Crippen molar-refractivity contribution in [3.05, 3.63) is 83.8 Å². The van der Waals surface area contributed by atoms with Gasteiger partial charge in [0.1, 0.15) is 5.76 Å². The Kier molecular flexibility index (Phi) is 8.24. The lowest BCUT2D eigenvalue weighted by molar-refractivity contribution is -0.117. The zero-order chi connectivity index (χ0) is 24.6. The van der Waals surface area contributed by atoms with Gasteiger partial charge in [-0.2, -0.15) is 0 Å². The van der Waals surface area contributed by atoms with Crippen molar-refractivity contribution in [2.45, 2.75) is 52.0 Å². The van der Waals surface area contributed by atoms with E-state index in [0.29, 0.717) is 24.3 Å². The predicted octanol–water partition coefficient (Wildman–Crippen LogP) is 5.97. The molecule has 2 amide bonds. The van der Waals surface area contributed by atoms with Gasteiger partial charge in [-0.15, -0.1) is 0 Å². The number of rotatable bonds is 12. The van der Waals surface area contributed by atoms with E-state index in [0.717, 1.165) is 43.7 Å². The molecule has 2 N–H and O–H groups in total. The van der Waals surface area contributed by atoms with Gasteiger partial charge in [0.25, 0.3) is 5.91 Å². The molecule has 3 aromatic rings. The molecule has 1 aliphatic rings. The molecule has 4 rings (SSSR count). The van der Waals surface area contributed by atoms with Gasteiger partial charge in [-0.1, -0.05) is 50.6 Å². The minimum atomic E-state index is -0.132. The molecule has 1 heterocycles. The number of furan rings is 1. The second kappa shape index (κ2) is 11.7. The average molecular weight is 474 g/mol. The molecule has 6 heteroatoms. The van der Waals surface area contributed by atoms with Gasteiger partial charge in [-0.25, -0.2) is 0 Å². The summed E-state index contributed by atoms with van der Waals surface area (Å²) in [6.45, 7) is 6.16. The molecule has 0 aliphatic heterocycles. The highest BCUT2D eigenvalue weighted by atomic mass is 16.3. The van der Waals surface area contributed by atoms with Crippen LogP contribution in [0.4, 0.5) is 11.4 Å². The van der Waals surface area contributed by atoms with E-state index in [2.05, 4.69) is 34.6 Å². The van der Waals surface area contributed by atoms with Gasteiger partial charge in [-0.05, 0) is 61.1 Å². The molecule has 1 aliphatic carbocycles. The summed E-state index contributed by atoms with van der Waals surface area (Å²) in [6, 6.07) is 19.6. The largest absolute Gasteiger partial charge is 0.467 e. The fourth-order valence-electron chi connectivity index (χ4n) is 4.42. The number of carbonyl (C=O) groups is 2. The Morgan fingerprint density at radius 2 is 1.86 bits per heavy atom. The predicted molar refractivity (Wildman–Crippen MR) is 140 cm³/mol. The number of nitrogens with zero attached hydrogens (tertiary/aromatic N) is 1. The number of nitrogens with one attached hydrogen (secondary N) is 2. The van der Waals surface area contributed by atoms with E-state index in [1.807, 2.05) is 49.4 Å². The Morgan fingerprint density at radius 1 is 1.03 bits per heavy atom. The SMILES string of the molecule is CCCCN(Cc1ccco1)c1ccc(NC(=O)C2CC2c2ccccc2)cc1C(=O)NCCC. The first-order chi connectivity index (χ1) is 17.1. The maximum absolute atomic E-state index is 13.2. The van der Waals surface area contributed by atoms with Crippen molar-refractivity contribution < 1.29 is 14.0 Å². The van der Waals surface area contributed by atoms with E-state index in [9.17, 15) is 9.59 Å². The summed E-state index contributed by atoms with van der Waals surface area (Å²) in [7, 11) is 0. The standard InChI is InChI=1S/C29H35N3O3/c1-3-5-16-32(20-23-12-9-17-35-23)27-14-13-22(18-26(27)28(33)30-15-4-2)31-29(34)25-19-24(25)21-10-7-6-8-11-21/h6-14,17-18,24-25H,3-5,15-16,19-20H2,1-2H3,(H,30,33)(H,31,34). The van der Waals surface area contributed by atoms with E-state index in [1.54, 1.807) is 12.3 Å². The quantitative estimate of drug-likeness (QED) is 0.340. The summed E-state index contributed by atoms with van der Waals surface area (Å²) in [5, 5.41) is 6.06. The summed E-state index contributed by atoms with van der Waals surface area (Å²) in [4.78, 5) is 28.3. The Morgan fingerprint density at radius 3 is 2.57 bits per heavy atom. The third-order valence-electron chi connectivity index (χ3n) is 6.45. The molecular formula is C29H35N3O3. The van der Waals surface area contributed by atoms with E-state index >= 15 is 0 Å². The maximum atomic E-state index is 13.2. The molecule has 0 bridgehead atoms. The highest BCUT2D eigenvalue weighted by Gasteiger charge is 2.43. The molecule has 2 atom stereocenters. The topological polar surface area (TPSA) is 74.6 Å². The molecule has 184 valence electrons. The van der Waals surface area contributed by atoms with Crippen LogP contribution in [0.15, 0.2) is 71.3 Å². The van der Waals surface area contributed by atoms with Gasteiger partial charge in [0, 0.05) is 24.7 Å². The summed E-state index contributed by atoms with van der Waals surface area (Å²) in [5.41, 5.74) is 3.25. The molecular weight excluding hydrogens is 438 g/mol. The summed E-state index contributed by atoms with van der Waals surface area (Å²) in [6.07, 6.45) is 5.42. The minimum Gasteiger partial charge on any atom is -0.467 e. The van der Waals surface area contributed by atoms with Crippen LogP contribution in [0, 0.1) is 5.92 Å². The maximum Gasteiger partial charge on any atom is 0.253 e. The average Bonchev–Trinajstić information content (AvgIpc) is 3.53. The van der Waals surface area contributed by atoms with E-state index < -0.39 is 0 Å². The number of hydrogen-bond donors (Lipinski definition) is 2. The highest BCUT2D eigenvalue weighted by molar-refractivity contribution is 6.02. The molecule has 1 saturated carbocycles. The first-order valence-electron chi connectivity index (χ1n) is 12.7. The van der Waals surface area contributed by atoms with Crippen LogP contribution in [0.1, 0.15) is 67.1 Å². The summed E-state index contributed by atoms with van der Waals surface area (Å²) < 4.78 is 5.59. The second-order valence-electron chi connectivity index (χ2n) is 9.19. The van der Waals surface area contributed by atoms with Crippen LogP contribution in [0.5, 0.6) is 0 Å². The van der Waals surface area contributed by atoms with Crippen LogP contribution in [0.25, 0.3) is 0 Å². The van der Waals surface area contributed by atoms with Crippen LogP contribution in [0.2, 0.25) is 0 Å². The van der Waals surface area contributed by atoms with Crippen molar-refractivity contribution >= 4 is 23.2 Å². The van der Waals surface area contributed by atoms with Gasteiger partial charge in [0.05, 0.1) is 24.1 Å². The molecule has 6 nitrogen and oxygen atoms in total. The molecule has 1 fully saturated rings. The van der Waals surface area contributed by atoms with E-state index in [1.165, 1.54) is 5.56 Å². The normalized spacial score (nSPS) is 16.5. The monoisotopic (exact) mass is 473 g/mol. The molecule has 0 saturated heterocycles. The number of hydrogen-bond acceptors (Lipinski definition) is 4. The molecule has 0 spiro atoms. The van der Waals surface area contributed by atoms with Crippen molar-refractivity contribution in [2.24, 2.45) is 5.92 Å². The lowest BCUT2D eigenvalue weighted by Gasteiger charge is -2.26. The van der Waals surface area contributed by atoms with E-state index in [-0.39, 0.29) is 23.7 Å². The van der Waals surface area contributed by atoms with Crippen molar-refractivity contribution in [1.82, 2.24) is 5.32 Å². The molecule has 2 aromatic carbocycles. The van der Waals surface area contributed by atoms with Crippen molar-refractivity contribution in [3.8, 4) is 0 Å². The van der Waals surface area contributed by atoms with Crippen molar-refractivity contribution in [3.63, 3.8) is 0 Å². The Balaban J connectivity index is 1.55. The zero-order valence-corrected chi connectivity index (χ0v) is 20.6. The molecule has 0 radical (unpaired) electrons. The van der Waals surface area contributed by atoms with Crippen LogP contribution in [-0.4, -0.2) is 24.9 Å². The fourth-order valence-corrected chi connectivity index (χ4v) is 4.42. The summed E-state index contributed by atoms with van der Waals surface area (Å²) in [5.74, 6) is 0.951. The van der Waals surface area contributed by atoms with Gasteiger partial charge in [0.15, 0.2) is 0 Å². The van der Waals surface area contributed by atoms with Crippen molar-refractivity contribution in [2.75, 3.05) is 23.3 Å². The van der Waals surface area contributed by atoms with Gasteiger partial charge in [-0.3, -0.25) is 9.59 Å². The van der Waals surface area contributed by atoms with Crippen LogP contribution >= 0.6 is 0 Å². The molecule has 2 unspecified atom stereocenters. The first-order valence-corrected chi connectivity index (χ1v) is 12.7. The number of carbonyl (C=O) groups excluding carboxylic acids is 2.